The van der Waals surface area contributed by atoms with Crippen LogP contribution >= 0.6 is 0 Å². The van der Waals surface area contributed by atoms with Crippen molar-refractivity contribution in [2.75, 3.05) is 5.32 Å². The minimum atomic E-state index is -0.919. The number of nitrogens with zero attached hydrogens (tertiary/aromatic N) is 2. The van der Waals surface area contributed by atoms with E-state index in [2.05, 4.69) is 10.4 Å². The van der Waals surface area contributed by atoms with Gasteiger partial charge in [-0.2, -0.15) is 5.10 Å². The normalized spacial score (nSPS) is 12.5. The molecule has 1 N–H and O–H groups in total. The summed E-state index contributed by atoms with van der Waals surface area (Å²) >= 11 is 0. The molecule has 0 saturated carbocycles. The molecule has 1 unspecified atom stereocenters. The third kappa shape index (κ3) is 4.22. The lowest BCUT2D eigenvalue weighted by Gasteiger charge is -2.21. The second-order valence-corrected chi connectivity index (χ2v) is 6.66. The van der Waals surface area contributed by atoms with E-state index in [-0.39, 0.29) is 17.1 Å². The average Bonchev–Trinajstić information content (AvgIpc) is 2.90. The van der Waals surface area contributed by atoms with Crippen LogP contribution in [0.15, 0.2) is 36.4 Å². The number of ether oxygens (including phenoxy) is 1. The van der Waals surface area contributed by atoms with Crippen molar-refractivity contribution in [1.82, 2.24) is 9.78 Å². The number of carbonyl (C=O) groups is 2. The summed E-state index contributed by atoms with van der Waals surface area (Å²) in [6, 6.07) is 10.7. The van der Waals surface area contributed by atoms with E-state index in [0.717, 1.165) is 5.69 Å². The molecule has 2 rings (SSSR count). The first-order valence-corrected chi connectivity index (χ1v) is 7.82. The van der Waals surface area contributed by atoms with Crippen molar-refractivity contribution in [1.29, 1.82) is 0 Å². The van der Waals surface area contributed by atoms with Gasteiger partial charge in [0.1, 0.15) is 0 Å². The Balaban J connectivity index is 2.02. The number of esters is 1. The molecule has 0 bridgehead atoms. The number of hydrogen-bond acceptors (Lipinski definition) is 4. The molecular weight excluding hydrogens is 306 g/mol. The Morgan fingerprint density at radius 2 is 1.83 bits per heavy atom. The van der Waals surface area contributed by atoms with E-state index in [1.165, 1.54) is 6.92 Å². The van der Waals surface area contributed by atoms with Gasteiger partial charge in [0.15, 0.2) is 11.8 Å². The van der Waals surface area contributed by atoms with E-state index in [4.69, 9.17) is 4.74 Å². The van der Waals surface area contributed by atoms with Gasteiger partial charge in [0.05, 0.1) is 5.54 Å². The third-order valence-corrected chi connectivity index (χ3v) is 3.43. The zero-order chi connectivity index (χ0) is 17.9. The van der Waals surface area contributed by atoms with Gasteiger partial charge in [0.25, 0.3) is 5.91 Å². The molecular formula is C18H23N3O3. The lowest BCUT2D eigenvalue weighted by molar-refractivity contribution is -0.123. The largest absolute Gasteiger partial charge is 0.448 e. The Kier molecular flexibility index (Phi) is 5.07. The van der Waals surface area contributed by atoms with E-state index < -0.39 is 12.1 Å². The maximum Gasteiger partial charge on any atom is 0.359 e. The molecule has 1 amide bonds. The molecule has 1 heterocycles. The molecule has 128 valence electrons. The minimum absolute atomic E-state index is 0.196. The monoisotopic (exact) mass is 329 g/mol. The van der Waals surface area contributed by atoms with Crippen LogP contribution in [0.5, 0.6) is 0 Å². The summed E-state index contributed by atoms with van der Waals surface area (Å²) in [4.78, 5) is 24.3. The van der Waals surface area contributed by atoms with Crippen LogP contribution in [0.3, 0.4) is 0 Å². The van der Waals surface area contributed by atoms with Gasteiger partial charge < -0.3 is 10.1 Å². The van der Waals surface area contributed by atoms with Gasteiger partial charge in [0.2, 0.25) is 0 Å². The number of benzene rings is 1. The fourth-order valence-electron chi connectivity index (χ4n) is 2.29. The summed E-state index contributed by atoms with van der Waals surface area (Å²) in [6.07, 6.45) is -0.919. The van der Waals surface area contributed by atoms with Crippen LogP contribution in [-0.2, 0) is 15.1 Å². The predicted molar refractivity (Wildman–Crippen MR) is 91.9 cm³/mol. The van der Waals surface area contributed by atoms with Gasteiger partial charge in [-0.25, -0.2) is 4.79 Å². The van der Waals surface area contributed by atoms with Gasteiger partial charge in [-0.05, 0) is 52.8 Å². The Labute approximate surface area is 141 Å². The molecule has 1 aromatic heterocycles. The van der Waals surface area contributed by atoms with Gasteiger partial charge in [-0.1, -0.05) is 18.2 Å². The van der Waals surface area contributed by atoms with Crippen molar-refractivity contribution in [3.63, 3.8) is 0 Å². The number of aromatic nitrogens is 2. The highest BCUT2D eigenvalue weighted by atomic mass is 16.5. The van der Waals surface area contributed by atoms with Crippen molar-refractivity contribution < 1.29 is 14.3 Å². The third-order valence-electron chi connectivity index (χ3n) is 3.43. The van der Waals surface area contributed by atoms with Crippen molar-refractivity contribution in [2.24, 2.45) is 0 Å². The van der Waals surface area contributed by atoms with Crippen LogP contribution in [0.2, 0.25) is 0 Å². The fourth-order valence-corrected chi connectivity index (χ4v) is 2.29. The number of para-hydroxylation sites is 1. The summed E-state index contributed by atoms with van der Waals surface area (Å²) in [5, 5.41) is 6.99. The number of nitrogens with one attached hydrogen (secondary N) is 1. The molecule has 2 aromatic rings. The Morgan fingerprint density at radius 1 is 1.21 bits per heavy atom. The zero-order valence-corrected chi connectivity index (χ0v) is 14.7. The summed E-state index contributed by atoms with van der Waals surface area (Å²) in [6.45, 7) is 9.40. The van der Waals surface area contributed by atoms with Crippen LogP contribution in [0, 0.1) is 6.92 Å². The van der Waals surface area contributed by atoms with Gasteiger partial charge in [-0.15, -0.1) is 0 Å². The second kappa shape index (κ2) is 6.86. The standard InChI is InChI=1S/C18H23N3O3/c1-12-11-15(20-21(12)18(3,4)5)17(23)24-13(2)16(22)19-14-9-7-6-8-10-14/h6-11,13H,1-5H3,(H,19,22). The molecule has 6 heteroatoms. The van der Waals surface area contributed by atoms with Crippen LogP contribution in [0.4, 0.5) is 5.69 Å². The van der Waals surface area contributed by atoms with E-state index in [1.54, 1.807) is 22.9 Å². The molecule has 0 aliphatic rings. The highest BCUT2D eigenvalue weighted by Gasteiger charge is 2.24. The smallest absolute Gasteiger partial charge is 0.359 e. The van der Waals surface area contributed by atoms with Crippen molar-refractivity contribution >= 4 is 17.6 Å². The van der Waals surface area contributed by atoms with Crippen molar-refractivity contribution in [2.45, 2.75) is 46.3 Å². The van der Waals surface area contributed by atoms with E-state index in [9.17, 15) is 9.59 Å². The van der Waals surface area contributed by atoms with Crippen LogP contribution < -0.4 is 5.32 Å². The molecule has 1 atom stereocenters. The number of anilines is 1. The molecule has 0 saturated heterocycles. The first-order valence-electron chi connectivity index (χ1n) is 7.82. The molecule has 24 heavy (non-hydrogen) atoms. The zero-order valence-electron chi connectivity index (χ0n) is 14.7. The number of aryl methyl sites for hydroxylation is 1. The van der Waals surface area contributed by atoms with Gasteiger partial charge >= 0.3 is 5.97 Å². The van der Waals surface area contributed by atoms with E-state index in [1.807, 2.05) is 45.9 Å². The molecule has 1 aromatic carbocycles. The number of rotatable bonds is 4. The van der Waals surface area contributed by atoms with E-state index >= 15 is 0 Å². The first kappa shape index (κ1) is 17.7. The van der Waals surface area contributed by atoms with Crippen LogP contribution in [-0.4, -0.2) is 27.8 Å². The fraction of sp³-hybridized carbons (Fsp3) is 0.389. The molecule has 0 aliphatic heterocycles. The Morgan fingerprint density at radius 3 is 2.38 bits per heavy atom. The van der Waals surface area contributed by atoms with Crippen molar-refractivity contribution in [3.05, 3.63) is 47.8 Å². The lowest BCUT2D eigenvalue weighted by Crippen LogP contribution is -2.30. The number of hydrogen-bond donors (Lipinski definition) is 1. The maximum atomic E-state index is 12.2. The summed E-state index contributed by atoms with van der Waals surface area (Å²) in [5.41, 5.74) is 1.47. The van der Waals surface area contributed by atoms with Gasteiger partial charge in [0, 0.05) is 11.4 Å². The van der Waals surface area contributed by atoms with E-state index in [0.29, 0.717) is 5.69 Å². The second-order valence-electron chi connectivity index (χ2n) is 6.66. The topological polar surface area (TPSA) is 73.2 Å². The summed E-state index contributed by atoms with van der Waals surface area (Å²) < 4.78 is 6.99. The number of amides is 1. The quantitative estimate of drug-likeness (QED) is 0.875. The number of carbonyl (C=O) groups excluding carboxylic acids is 2. The Hall–Kier alpha value is -2.63. The SMILES string of the molecule is Cc1cc(C(=O)OC(C)C(=O)Nc2ccccc2)nn1C(C)(C)C. The highest BCUT2D eigenvalue weighted by molar-refractivity contribution is 5.96. The van der Waals surface area contributed by atoms with Crippen molar-refractivity contribution in [3.8, 4) is 0 Å². The molecule has 0 fully saturated rings. The summed E-state index contributed by atoms with van der Waals surface area (Å²) in [5.74, 6) is -1.00. The van der Waals surface area contributed by atoms with Crippen LogP contribution in [0.1, 0.15) is 43.9 Å². The average molecular weight is 329 g/mol. The highest BCUT2D eigenvalue weighted by Crippen LogP contribution is 2.17. The minimum Gasteiger partial charge on any atom is -0.448 e. The predicted octanol–water partition coefficient (Wildman–Crippen LogP) is 3.13. The Bertz CT molecular complexity index is 730. The molecule has 0 spiro atoms. The van der Waals surface area contributed by atoms with Gasteiger partial charge in [-0.3, -0.25) is 9.48 Å². The van der Waals surface area contributed by atoms with Crippen LogP contribution in [0.25, 0.3) is 0 Å². The lowest BCUT2D eigenvalue weighted by atomic mass is 10.1. The molecule has 0 aliphatic carbocycles. The molecule has 0 radical (unpaired) electrons. The maximum absolute atomic E-state index is 12.2. The summed E-state index contributed by atoms with van der Waals surface area (Å²) in [7, 11) is 0. The first-order chi connectivity index (χ1) is 11.2. The molecule has 6 nitrogen and oxygen atoms in total.